The summed E-state index contributed by atoms with van der Waals surface area (Å²) in [6.07, 6.45) is 0. The van der Waals surface area contributed by atoms with E-state index in [-0.39, 0.29) is 0 Å². The number of anilines is 1. The second-order valence-electron chi connectivity index (χ2n) is 3.07. The third-order valence-electron chi connectivity index (χ3n) is 2.06. The molecule has 0 aliphatic heterocycles. The van der Waals surface area contributed by atoms with Gasteiger partial charge < -0.3 is 14.8 Å². The van der Waals surface area contributed by atoms with Crippen LogP contribution in [0.15, 0.2) is 18.2 Å². The van der Waals surface area contributed by atoms with E-state index in [1.165, 1.54) is 5.56 Å². The topological polar surface area (TPSA) is 30.5 Å². The maximum atomic E-state index is 5.25. The second-order valence-corrected chi connectivity index (χ2v) is 3.07. The number of para-hydroxylation sites is 1. The van der Waals surface area contributed by atoms with Crippen LogP contribution in [-0.2, 0) is 4.74 Å². The van der Waals surface area contributed by atoms with E-state index in [4.69, 9.17) is 9.47 Å². The summed E-state index contributed by atoms with van der Waals surface area (Å²) in [5.41, 5.74) is 2.23. The number of ether oxygens (including phenoxy) is 2. The highest BCUT2D eigenvalue weighted by Gasteiger charge is 2.03. The third kappa shape index (κ3) is 2.64. The van der Waals surface area contributed by atoms with E-state index in [0.717, 1.165) is 18.0 Å². The van der Waals surface area contributed by atoms with E-state index in [1.54, 1.807) is 14.2 Å². The molecule has 0 amide bonds. The van der Waals surface area contributed by atoms with Crippen LogP contribution >= 0.6 is 0 Å². The van der Waals surface area contributed by atoms with Gasteiger partial charge in [0, 0.05) is 13.7 Å². The van der Waals surface area contributed by atoms with Crippen LogP contribution in [0.25, 0.3) is 0 Å². The molecular weight excluding hydrogens is 178 g/mol. The van der Waals surface area contributed by atoms with Crippen LogP contribution in [0.1, 0.15) is 5.56 Å². The van der Waals surface area contributed by atoms with Crippen molar-refractivity contribution in [3.63, 3.8) is 0 Å². The second kappa shape index (κ2) is 5.50. The predicted molar refractivity (Wildman–Crippen MR) is 58.1 cm³/mol. The summed E-state index contributed by atoms with van der Waals surface area (Å²) < 4.78 is 10.2. The molecule has 0 atom stereocenters. The van der Waals surface area contributed by atoms with Gasteiger partial charge in [0.05, 0.1) is 19.4 Å². The van der Waals surface area contributed by atoms with Gasteiger partial charge in [0.2, 0.25) is 0 Å². The summed E-state index contributed by atoms with van der Waals surface area (Å²) in [7, 11) is 3.37. The first kappa shape index (κ1) is 10.9. The molecule has 0 radical (unpaired) electrons. The highest BCUT2D eigenvalue weighted by molar-refractivity contribution is 5.61. The lowest BCUT2D eigenvalue weighted by Crippen LogP contribution is -2.09. The highest BCUT2D eigenvalue weighted by atomic mass is 16.5. The van der Waals surface area contributed by atoms with Gasteiger partial charge in [0.15, 0.2) is 0 Å². The van der Waals surface area contributed by atoms with Crippen molar-refractivity contribution < 1.29 is 9.47 Å². The molecule has 1 N–H and O–H groups in total. The fraction of sp³-hybridized carbons (Fsp3) is 0.455. The van der Waals surface area contributed by atoms with Gasteiger partial charge in [-0.25, -0.2) is 0 Å². The molecule has 1 aromatic carbocycles. The zero-order valence-electron chi connectivity index (χ0n) is 8.96. The molecule has 78 valence electrons. The van der Waals surface area contributed by atoms with Gasteiger partial charge in [0.1, 0.15) is 5.75 Å². The van der Waals surface area contributed by atoms with Crippen molar-refractivity contribution in [2.24, 2.45) is 0 Å². The summed E-state index contributed by atoms with van der Waals surface area (Å²) in [4.78, 5) is 0. The summed E-state index contributed by atoms with van der Waals surface area (Å²) in [5.74, 6) is 0.876. The third-order valence-corrected chi connectivity index (χ3v) is 2.06. The lowest BCUT2D eigenvalue weighted by molar-refractivity contribution is 0.210. The molecule has 1 rings (SSSR count). The van der Waals surface area contributed by atoms with Crippen LogP contribution in [0.3, 0.4) is 0 Å². The first-order valence-electron chi connectivity index (χ1n) is 4.66. The van der Waals surface area contributed by atoms with Crippen molar-refractivity contribution in [3.05, 3.63) is 23.8 Å². The maximum absolute atomic E-state index is 5.25. The quantitative estimate of drug-likeness (QED) is 0.729. The lowest BCUT2D eigenvalue weighted by Gasteiger charge is -2.13. The Kier molecular flexibility index (Phi) is 4.26. The average Bonchev–Trinajstić information content (AvgIpc) is 2.20. The number of nitrogens with one attached hydrogen (secondary N) is 1. The van der Waals surface area contributed by atoms with Crippen LogP contribution in [-0.4, -0.2) is 27.4 Å². The van der Waals surface area contributed by atoms with Crippen molar-refractivity contribution in [1.82, 2.24) is 0 Å². The van der Waals surface area contributed by atoms with E-state index < -0.39 is 0 Å². The van der Waals surface area contributed by atoms with Crippen molar-refractivity contribution in [2.75, 3.05) is 32.7 Å². The van der Waals surface area contributed by atoms with Gasteiger partial charge in [0.25, 0.3) is 0 Å². The van der Waals surface area contributed by atoms with Gasteiger partial charge in [-0.3, -0.25) is 0 Å². The molecule has 0 unspecified atom stereocenters. The summed E-state index contributed by atoms with van der Waals surface area (Å²) in [5, 5.41) is 3.28. The maximum Gasteiger partial charge on any atom is 0.142 e. The number of aryl methyl sites for hydroxylation is 1. The first-order valence-corrected chi connectivity index (χ1v) is 4.66. The van der Waals surface area contributed by atoms with E-state index in [1.807, 2.05) is 12.1 Å². The zero-order valence-corrected chi connectivity index (χ0v) is 8.96. The molecule has 0 spiro atoms. The lowest BCUT2D eigenvalue weighted by atomic mass is 10.2. The van der Waals surface area contributed by atoms with Crippen LogP contribution in [0.4, 0.5) is 5.69 Å². The molecule has 3 nitrogen and oxygen atoms in total. The Morgan fingerprint density at radius 3 is 2.71 bits per heavy atom. The number of hydrogen-bond acceptors (Lipinski definition) is 3. The monoisotopic (exact) mass is 195 g/mol. The minimum atomic E-state index is 0.692. The van der Waals surface area contributed by atoms with E-state index >= 15 is 0 Å². The van der Waals surface area contributed by atoms with Crippen LogP contribution in [0.2, 0.25) is 0 Å². The molecule has 1 aromatic rings. The average molecular weight is 195 g/mol. The fourth-order valence-corrected chi connectivity index (χ4v) is 1.32. The van der Waals surface area contributed by atoms with E-state index in [0.29, 0.717) is 6.61 Å². The molecule has 3 heteroatoms. The SMILES string of the molecule is COCCNc1c(C)cccc1OC. The Balaban J connectivity index is 2.72. The highest BCUT2D eigenvalue weighted by Crippen LogP contribution is 2.27. The van der Waals surface area contributed by atoms with Crippen molar-refractivity contribution in [1.29, 1.82) is 0 Å². The Morgan fingerprint density at radius 2 is 2.07 bits per heavy atom. The Bertz CT molecular complexity index is 287. The molecule has 0 aliphatic rings. The molecule has 14 heavy (non-hydrogen) atoms. The Morgan fingerprint density at radius 1 is 1.29 bits per heavy atom. The Hall–Kier alpha value is -1.22. The van der Waals surface area contributed by atoms with Crippen LogP contribution < -0.4 is 10.1 Å². The van der Waals surface area contributed by atoms with Gasteiger partial charge in [-0.05, 0) is 18.6 Å². The van der Waals surface area contributed by atoms with Crippen molar-refractivity contribution >= 4 is 5.69 Å². The van der Waals surface area contributed by atoms with Crippen molar-refractivity contribution in [3.8, 4) is 5.75 Å². The van der Waals surface area contributed by atoms with Gasteiger partial charge in [-0.2, -0.15) is 0 Å². The zero-order chi connectivity index (χ0) is 10.4. The molecule has 0 aromatic heterocycles. The van der Waals surface area contributed by atoms with E-state index in [9.17, 15) is 0 Å². The molecule has 0 saturated heterocycles. The van der Waals surface area contributed by atoms with Crippen molar-refractivity contribution in [2.45, 2.75) is 6.92 Å². The number of hydrogen-bond donors (Lipinski definition) is 1. The van der Waals surface area contributed by atoms with Gasteiger partial charge in [-0.1, -0.05) is 12.1 Å². The standard InChI is InChI=1S/C11H17NO2/c1-9-5-4-6-10(14-3)11(9)12-7-8-13-2/h4-6,12H,7-8H2,1-3H3. The molecular formula is C11H17NO2. The summed E-state index contributed by atoms with van der Waals surface area (Å²) >= 11 is 0. The minimum absolute atomic E-state index is 0.692. The largest absolute Gasteiger partial charge is 0.495 e. The van der Waals surface area contributed by atoms with Gasteiger partial charge in [-0.15, -0.1) is 0 Å². The smallest absolute Gasteiger partial charge is 0.142 e. The first-order chi connectivity index (χ1) is 6.79. The number of methoxy groups -OCH3 is 2. The molecule has 0 aliphatic carbocycles. The molecule has 0 fully saturated rings. The number of benzene rings is 1. The van der Waals surface area contributed by atoms with Crippen LogP contribution in [0.5, 0.6) is 5.75 Å². The summed E-state index contributed by atoms with van der Waals surface area (Å²) in [6.45, 7) is 3.53. The van der Waals surface area contributed by atoms with E-state index in [2.05, 4.69) is 18.3 Å². The number of rotatable bonds is 5. The van der Waals surface area contributed by atoms with Crippen LogP contribution in [0, 0.1) is 6.92 Å². The fourth-order valence-electron chi connectivity index (χ4n) is 1.32. The normalized spacial score (nSPS) is 9.93. The predicted octanol–water partition coefficient (Wildman–Crippen LogP) is 2.06. The molecule has 0 bridgehead atoms. The minimum Gasteiger partial charge on any atom is -0.495 e. The summed E-state index contributed by atoms with van der Waals surface area (Å²) in [6, 6.07) is 5.98. The van der Waals surface area contributed by atoms with Gasteiger partial charge >= 0.3 is 0 Å². The Labute approximate surface area is 85.0 Å². The molecule has 0 heterocycles. The molecule has 0 saturated carbocycles.